The second-order valence-electron chi connectivity index (χ2n) is 11.0. The van der Waals surface area contributed by atoms with Crippen molar-refractivity contribution >= 4 is 40.9 Å². The molecule has 0 aliphatic carbocycles. The number of hydrogen-bond donors (Lipinski definition) is 1. The summed E-state index contributed by atoms with van der Waals surface area (Å²) in [5.74, 6) is 0.435. The molecular formula is C33H25N5O6S. The van der Waals surface area contributed by atoms with Crippen LogP contribution in [-0.2, 0) is 5.75 Å². The number of pyridine rings is 1. The number of carbonyl (C=O) groups excluding carboxylic acids is 3. The Balaban J connectivity index is 1.63. The van der Waals surface area contributed by atoms with Crippen LogP contribution in [0.3, 0.4) is 0 Å². The van der Waals surface area contributed by atoms with E-state index in [4.69, 9.17) is 4.42 Å². The summed E-state index contributed by atoms with van der Waals surface area (Å²) in [5, 5.41) is 28.5. The predicted molar refractivity (Wildman–Crippen MR) is 165 cm³/mol. The van der Waals surface area contributed by atoms with E-state index in [2.05, 4.69) is 22.2 Å². The maximum absolute atomic E-state index is 13.7. The minimum Gasteiger partial charge on any atom is -0.493 e. The lowest BCUT2D eigenvalue weighted by molar-refractivity contribution is 0.0774. The fraction of sp³-hybridized carbons (Fsp3) is 0.182. The van der Waals surface area contributed by atoms with Crippen molar-refractivity contribution in [3.05, 3.63) is 110 Å². The topological polar surface area (TPSA) is 158 Å². The van der Waals surface area contributed by atoms with E-state index in [1.165, 1.54) is 37.5 Å². The second kappa shape index (κ2) is 12.1. The lowest BCUT2D eigenvalue weighted by atomic mass is 9.97. The van der Waals surface area contributed by atoms with Crippen LogP contribution in [0.1, 0.15) is 74.3 Å². The number of benzene rings is 2. The fourth-order valence-electron chi connectivity index (χ4n) is 4.41. The molecule has 0 atom stereocenters. The van der Waals surface area contributed by atoms with Gasteiger partial charge >= 0.3 is 0 Å². The third-order valence-corrected chi connectivity index (χ3v) is 7.71. The van der Waals surface area contributed by atoms with Gasteiger partial charge in [0.15, 0.2) is 11.4 Å². The summed E-state index contributed by atoms with van der Waals surface area (Å²) >= 11 is 0.967. The van der Waals surface area contributed by atoms with Crippen molar-refractivity contribution in [3.8, 4) is 23.9 Å². The first-order valence-corrected chi connectivity index (χ1v) is 14.5. The fourth-order valence-corrected chi connectivity index (χ4v) is 5.30. The normalized spacial score (nSPS) is 12.6. The van der Waals surface area contributed by atoms with Crippen LogP contribution < -0.4 is 5.56 Å². The molecule has 2 aromatic carbocycles. The predicted octanol–water partition coefficient (Wildman–Crippen LogP) is 6.27. The monoisotopic (exact) mass is 619 g/mol. The van der Waals surface area contributed by atoms with Gasteiger partial charge in [0.1, 0.15) is 11.6 Å². The molecule has 45 heavy (non-hydrogen) atoms. The molecule has 0 bridgehead atoms. The number of nitriles is 1. The van der Waals surface area contributed by atoms with Crippen molar-refractivity contribution in [1.29, 1.82) is 5.26 Å². The van der Waals surface area contributed by atoms with Crippen LogP contribution in [-0.4, -0.2) is 31.6 Å². The highest BCUT2D eigenvalue weighted by molar-refractivity contribution is 7.97. The standard InChI is InChI=1S/C33H25N5O6S/c1-19-22(17-34)29(40)37(15-14-33(2,3)4)32(43)27(19)36-35-23-13-12-21(28(39)24-11-8-16-44-24)25-26(23)31(42)38(30(25)41)45-18-20-9-6-5-7-10-20/h5-13,16,40H,18H2,1-4H3. The van der Waals surface area contributed by atoms with Gasteiger partial charge in [0.05, 0.1) is 23.1 Å². The third-order valence-electron chi connectivity index (χ3n) is 6.66. The van der Waals surface area contributed by atoms with Gasteiger partial charge in [0.25, 0.3) is 17.4 Å². The highest BCUT2D eigenvalue weighted by Crippen LogP contribution is 2.39. The zero-order valence-electron chi connectivity index (χ0n) is 24.6. The van der Waals surface area contributed by atoms with Gasteiger partial charge in [0, 0.05) is 28.3 Å². The Morgan fingerprint density at radius 1 is 1.00 bits per heavy atom. The Hall–Kier alpha value is -5.72. The molecule has 2 amide bonds. The summed E-state index contributed by atoms with van der Waals surface area (Å²) in [6.45, 7) is 6.84. The van der Waals surface area contributed by atoms with Gasteiger partial charge in [-0.25, -0.2) is 8.87 Å². The Bertz CT molecular complexity index is 2060. The van der Waals surface area contributed by atoms with Crippen LogP contribution in [0.4, 0.5) is 11.4 Å². The third kappa shape index (κ3) is 5.92. The van der Waals surface area contributed by atoms with Crippen LogP contribution in [0.5, 0.6) is 5.88 Å². The van der Waals surface area contributed by atoms with Crippen LogP contribution in [0, 0.1) is 35.6 Å². The minimum atomic E-state index is -0.840. The molecule has 4 aromatic rings. The smallest absolute Gasteiger partial charge is 0.293 e. The van der Waals surface area contributed by atoms with Gasteiger partial charge in [-0.1, -0.05) is 36.3 Å². The van der Waals surface area contributed by atoms with E-state index in [-0.39, 0.29) is 45.0 Å². The van der Waals surface area contributed by atoms with Crippen LogP contribution in [0.25, 0.3) is 0 Å². The molecule has 0 radical (unpaired) electrons. The first-order chi connectivity index (χ1) is 21.4. The highest BCUT2D eigenvalue weighted by atomic mass is 32.2. The number of carbonyl (C=O) groups is 3. The lowest BCUT2D eigenvalue weighted by Crippen LogP contribution is -2.23. The lowest BCUT2D eigenvalue weighted by Gasteiger charge is -2.12. The zero-order chi connectivity index (χ0) is 32.5. The summed E-state index contributed by atoms with van der Waals surface area (Å²) in [6.07, 6.45) is 1.32. The summed E-state index contributed by atoms with van der Waals surface area (Å²) in [7, 11) is 0. The molecule has 0 saturated carbocycles. The van der Waals surface area contributed by atoms with Gasteiger partial charge < -0.3 is 9.52 Å². The van der Waals surface area contributed by atoms with Crippen LogP contribution >= 0.6 is 11.9 Å². The van der Waals surface area contributed by atoms with Gasteiger partial charge in [-0.2, -0.15) is 5.26 Å². The Labute approximate surface area is 261 Å². The molecule has 3 heterocycles. The SMILES string of the molecule is Cc1c(C#N)c(O)n(C#CC(C)(C)C)c(=O)c1N=Nc1ccc(C(=O)c2ccco2)c2c1C(=O)N(SCc1ccccc1)C2=O. The van der Waals surface area contributed by atoms with Crippen molar-refractivity contribution in [1.82, 2.24) is 8.87 Å². The van der Waals surface area contributed by atoms with Crippen molar-refractivity contribution in [2.75, 3.05) is 0 Å². The molecule has 5 rings (SSSR count). The van der Waals surface area contributed by atoms with E-state index >= 15 is 0 Å². The molecule has 1 N–H and O–H groups in total. The number of aromatic hydroxyl groups is 1. The quantitative estimate of drug-likeness (QED) is 0.0833. The highest BCUT2D eigenvalue weighted by Gasteiger charge is 2.42. The van der Waals surface area contributed by atoms with E-state index in [1.807, 2.05) is 57.2 Å². The summed E-state index contributed by atoms with van der Waals surface area (Å²) in [6, 6.07) is 19.3. The number of hydrogen-bond acceptors (Lipinski definition) is 10. The van der Waals surface area contributed by atoms with Crippen molar-refractivity contribution in [2.45, 2.75) is 33.4 Å². The maximum Gasteiger partial charge on any atom is 0.293 e. The molecule has 0 fully saturated rings. The minimum absolute atomic E-state index is 0.0251. The molecule has 1 aliphatic rings. The number of amides is 2. The molecule has 2 aromatic heterocycles. The van der Waals surface area contributed by atoms with E-state index < -0.39 is 34.5 Å². The van der Waals surface area contributed by atoms with Gasteiger partial charge in [-0.3, -0.25) is 19.2 Å². The maximum atomic E-state index is 13.7. The Kier molecular flexibility index (Phi) is 8.27. The number of rotatable bonds is 7. The van der Waals surface area contributed by atoms with Gasteiger partial charge in [-0.15, -0.1) is 10.2 Å². The van der Waals surface area contributed by atoms with Crippen molar-refractivity contribution in [3.63, 3.8) is 0 Å². The summed E-state index contributed by atoms with van der Waals surface area (Å²) in [4.78, 5) is 54.1. The first-order valence-electron chi connectivity index (χ1n) is 13.6. The van der Waals surface area contributed by atoms with E-state index in [1.54, 1.807) is 0 Å². The molecule has 11 nitrogen and oxygen atoms in total. The van der Waals surface area contributed by atoms with Crippen LogP contribution in [0.15, 0.2) is 80.3 Å². The molecular weight excluding hydrogens is 594 g/mol. The first kappa shape index (κ1) is 30.7. The second-order valence-corrected chi connectivity index (χ2v) is 11.9. The van der Waals surface area contributed by atoms with Crippen LogP contribution in [0.2, 0.25) is 0 Å². The van der Waals surface area contributed by atoms with Crippen molar-refractivity contribution in [2.24, 2.45) is 15.6 Å². The Morgan fingerprint density at radius 3 is 2.36 bits per heavy atom. The molecule has 1 aliphatic heterocycles. The Morgan fingerprint density at radius 2 is 1.71 bits per heavy atom. The number of nitrogens with zero attached hydrogens (tertiary/aromatic N) is 5. The number of furan rings is 1. The largest absolute Gasteiger partial charge is 0.493 e. The average Bonchev–Trinajstić information content (AvgIpc) is 3.63. The van der Waals surface area contributed by atoms with Gasteiger partial charge in [0.2, 0.25) is 11.7 Å². The molecule has 224 valence electrons. The average molecular weight is 620 g/mol. The number of ketones is 1. The summed E-state index contributed by atoms with van der Waals surface area (Å²) in [5.41, 5.74) is -1.49. The zero-order valence-corrected chi connectivity index (χ0v) is 25.4. The van der Waals surface area contributed by atoms with Gasteiger partial charge in [-0.05, 0) is 69.5 Å². The van der Waals surface area contributed by atoms with E-state index in [9.17, 15) is 29.5 Å². The van der Waals surface area contributed by atoms with Crippen molar-refractivity contribution < 1.29 is 23.9 Å². The number of aromatic nitrogens is 1. The van der Waals surface area contributed by atoms with E-state index in [0.29, 0.717) is 5.75 Å². The van der Waals surface area contributed by atoms with E-state index in [0.717, 1.165) is 26.4 Å². The number of fused-ring (bicyclic) bond motifs is 1. The molecule has 0 unspecified atom stereocenters. The summed E-state index contributed by atoms with van der Waals surface area (Å²) < 4.78 is 6.93. The molecule has 0 saturated heterocycles. The molecule has 0 spiro atoms. The number of azo groups is 1. The molecule has 12 heteroatoms. The number of imide groups is 1.